The van der Waals surface area contributed by atoms with Gasteiger partial charge in [0.05, 0.1) is 13.2 Å². The van der Waals surface area contributed by atoms with Gasteiger partial charge in [-0.05, 0) is 27.7 Å². The van der Waals surface area contributed by atoms with E-state index in [1.807, 2.05) is 0 Å². The molecule has 0 aliphatic heterocycles. The van der Waals surface area contributed by atoms with Crippen LogP contribution >= 0.6 is 0 Å². The summed E-state index contributed by atoms with van der Waals surface area (Å²) in [6.07, 6.45) is 0. The first kappa shape index (κ1) is 13.9. The molecule has 0 amide bonds. The van der Waals surface area contributed by atoms with Gasteiger partial charge in [0.25, 0.3) is 0 Å². The van der Waals surface area contributed by atoms with E-state index >= 15 is 0 Å². The van der Waals surface area contributed by atoms with Crippen molar-refractivity contribution in [3.05, 3.63) is 0 Å². The van der Waals surface area contributed by atoms with Gasteiger partial charge in [0.2, 0.25) is 0 Å². The largest absolute Gasteiger partial charge is 0.465 e. The molecule has 88 valence electrons. The van der Waals surface area contributed by atoms with Gasteiger partial charge >= 0.3 is 11.9 Å². The van der Waals surface area contributed by atoms with Crippen molar-refractivity contribution in [2.75, 3.05) is 13.2 Å². The van der Waals surface area contributed by atoms with Crippen LogP contribution in [0.25, 0.3) is 0 Å². The predicted molar refractivity (Wildman–Crippen MR) is 55.0 cm³/mol. The number of nitrogens with two attached hydrogens (primary N) is 1. The first-order chi connectivity index (χ1) is 6.84. The van der Waals surface area contributed by atoms with Crippen LogP contribution in [0.4, 0.5) is 0 Å². The summed E-state index contributed by atoms with van der Waals surface area (Å²) in [5.74, 6) is -2.34. The molecule has 0 unspecified atom stereocenters. The molecule has 0 aliphatic rings. The van der Waals surface area contributed by atoms with Crippen LogP contribution in [0.5, 0.6) is 0 Å². The molecule has 0 aromatic heterocycles. The second-order valence-corrected chi connectivity index (χ2v) is 3.76. The highest BCUT2D eigenvalue weighted by molar-refractivity contribution is 5.96. The van der Waals surface area contributed by atoms with Crippen molar-refractivity contribution in [1.82, 2.24) is 0 Å². The maximum Gasteiger partial charge on any atom is 0.322 e. The Balaban J connectivity index is 4.74. The van der Waals surface area contributed by atoms with E-state index in [1.54, 1.807) is 27.7 Å². The zero-order valence-corrected chi connectivity index (χ0v) is 9.70. The average Bonchev–Trinajstić information content (AvgIpc) is 2.01. The van der Waals surface area contributed by atoms with E-state index in [9.17, 15) is 9.59 Å². The highest BCUT2D eigenvalue weighted by atomic mass is 16.6. The lowest BCUT2D eigenvalue weighted by Gasteiger charge is -2.26. The second-order valence-electron chi connectivity index (χ2n) is 3.76. The molecular weight excluding hydrogens is 198 g/mol. The van der Waals surface area contributed by atoms with Crippen LogP contribution in [0.3, 0.4) is 0 Å². The smallest absolute Gasteiger partial charge is 0.322 e. The van der Waals surface area contributed by atoms with Crippen molar-refractivity contribution in [2.24, 2.45) is 11.7 Å². The molecule has 0 spiro atoms. The fraction of sp³-hybridized carbons (Fsp3) is 0.800. The van der Waals surface area contributed by atoms with Crippen LogP contribution in [0.2, 0.25) is 0 Å². The van der Waals surface area contributed by atoms with Crippen molar-refractivity contribution in [2.45, 2.75) is 33.2 Å². The molecule has 0 saturated carbocycles. The molecule has 0 saturated heterocycles. The summed E-state index contributed by atoms with van der Waals surface area (Å²) in [5.41, 5.74) is 4.75. The lowest BCUT2D eigenvalue weighted by atomic mass is 9.88. The molecule has 0 radical (unpaired) electrons. The summed E-state index contributed by atoms with van der Waals surface area (Å²) in [6, 6.07) is 0. The topological polar surface area (TPSA) is 78.6 Å². The van der Waals surface area contributed by atoms with Crippen LogP contribution < -0.4 is 5.73 Å². The maximum atomic E-state index is 11.5. The molecule has 0 heterocycles. The van der Waals surface area contributed by atoms with Crippen LogP contribution in [0, 0.1) is 5.92 Å². The lowest BCUT2D eigenvalue weighted by Crippen LogP contribution is -2.50. The minimum absolute atomic E-state index is 0.213. The van der Waals surface area contributed by atoms with Crippen molar-refractivity contribution < 1.29 is 19.1 Å². The number of ether oxygens (including phenoxy) is 2. The summed E-state index contributed by atoms with van der Waals surface area (Å²) in [6.45, 7) is 6.94. The van der Waals surface area contributed by atoms with Crippen molar-refractivity contribution >= 4 is 11.9 Å². The number of hydrogen-bond acceptors (Lipinski definition) is 5. The van der Waals surface area contributed by atoms with E-state index in [0.717, 1.165) is 0 Å². The second kappa shape index (κ2) is 5.70. The molecule has 5 nitrogen and oxygen atoms in total. The molecule has 0 bridgehead atoms. The van der Waals surface area contributed by atoms with Crippen LogP contribution in [0.1, 0.15) is 27.7 Å². The standard InChI is InChI=1S/C10H19NO4/c1-5-14-8(12)7(10(3,4)11)9(13)15-6-2/h7H,5-6,11H2,1-4H3. The summed E-state index contributed by atoms with van der Waals surface area (Å²) >= 11 is 0. The first-order valence-electron chi connectivity index (χ1n) is 4.96. The minimum atomic E-state index is -1.07. The first-order valence-corrected chi connectivity index (χ1v) is 4.96. The molecule has 0 atom stereocenters. The van der Waals surface area contributed by atoms with Gasteiger partial charge in [0.1, 0.15) is 0 Å². The van der Waals surface area contributed by atoms with E-state index < -0.39 is 23.4 Å². The van der Waals surface area contributed by atoms with Gasteiger partial charge in [-0.1, -0.05) is 0 Å². The average molecular weight is 217 g/mol. The molecule has 0 aromatic carbocycles. The van der Waals surface area contributed by atoms with Gasteiger partial charge in [-0.2, -0.15) is 0 Å². The zero-order chi connectivity index (χ0) is 12.1. The van der Waals surface area contributed by atoms with E-state index in [0.29, 0.717) is 0 Å². The molecule has 0 fully saturated rings. The zero-order valence-electron chi connectivity index (χ0n) is 9.70. The molecule has 0 aromatic rings. The van der Waals surface area contributed by atoms with Crippen molar-refractivity contribution in [3.8, 4) is 0 Å². The Morgan fingerprint density at radius 1 is 1.13 bits per heavy atom. The highest BCUT2D eigenvalue weighted by Crippen LogP contribution is 2.17. The van der Waals surface area contributed by atoms with Gasteiger partial charge < -0.3 is 15.2 Å². The SMILES string of the molecule is CCOC(=O)C(C(=O)OCC)C(C)(C)N. The monoisotopic (exact) mass is 217 g/mol. The molecule has 0 aliphatic carbocycles. The Morgan fingerprint density at radius 2 is 1.47 bits per heavy atom. The predicted octanol–water partition coefficient (Wildman–Crippen LogP) is 0.466. The molecule has 0 rings (SSSR count). The quantitative estimate of drug-likeness (QED) is 0.535. The normalized spacial score (nSPS) is 11.3. The van der Waals surface area contributed by atoms with E-state index in [-0.39, 0.29) is 13.2 Å². The van der Waals surface area contributed by atoms with Gasteiger partial charge in [-0.25, -0.2) is 0 Å². The molecule has 5 heteroatoms. The number of hydrogen-bond donors (Lipinski definition) is 1. The summed E-state index contributed by atoms with van der Waals surface area (Å²) in [4.78, 5) is 23.0. The van der Waals surface area contributed by atoms with Crippen molar-refractivity contribution in [1.29, 1.82) is 0 Å². The van der Waals surface area contributed by atoms with Gasteiger partial charge in [-0.3, -0.25) is 9.59 Å². The lowest BCUT2D eigenvalue weighted by molar-refractivity contribution is -0.164. The fourth-order valence-corrected chi connectivity index (χ4v) is 1.15. The molecule has 2 N–H and O–H groups in total. The van der Waals surface area contributed by atoms with Gasteiger partial charge in [0, 0.05) is 5.54 Å². The minimum Gasteiger partial charge on any atom is -0.465 e. The Kier molecular flexibility index (Phi) is 5.28. The Labute approximate surface area is 89.9 Å². The Morgan fingerprint density at radius 3 is 1.67 bits per heavy atom. The number of rotatable bonds is 5. The maximum absolute atomic E-state index is 11.5. The highest BCUT2D eigenvalue weighted by Gasteiger charge is 2.40. The van der Waals surface area contributed by atoms with Gasteiger partial charge in [0.15, 0.2) is 5.92 Å². The Hall–Kier alpha value is -1.10. The van der Waals surface area contributed by atoms with Crippen LogP contribution in [-0.2, 0) is 19.1 Å². The van der Waals surface area contributed by atoms with Gasteiger partial charge in [-0.15, -0.1) is 0 Å². The Bertz CT molecular complexity index is 214. The fourth-order valence-electron chi connectivity index (χ4n) is 1.15. The summed E-state index contributed by atoms with van der Waals surface area (Å²) in [5, 5.41) is 0. The third-order valence-corrected chi connectivity index (χ3v) is 1.79. The summed E-state index contributed by atoms with van der Waals surface area (Å²) in [7, 11) is 0. The van der Waals surface area contributed by atoms with Crippen LogP contribution in [-0.4, -0.2) is 30.7 Å². The third-order valence-electron chi connectivity index (χ3n) is 1.79. The number of carbonyl (C=O) groups is 2. The summed E-state index contributed by atoms with van der Waals surface area (Å²) < 4.78 is 9.56. The van der Waals surface area contributed by atoms with E-state index in [2.05, 4.69) is 0 Å². The van der Waals surface area contributed by atoms with E-state index in [4.69, 9.17) is 15.2 Å². The molecular formula is C10H19NO4. The van der Waals surface area contributed by atoms with Crippen LogP contribution in [0.15, 0.2) is 0 Å². The van der Waals surface area contributed by atoms with E-state index in [1.165, 1.54) is 0 Å². The molecule has 15 heavy (non-hydrogen) atoms. The number of carbonyl (C=O) groups excluding carboxylic acids is 2. The van der Waals surface area contributed by atoms with Crippen molar-refractivity contribution in [3.63, 3.8) is 0 Å². The number of esters is 2. The third kappa shape index (κ3) is 4.29.